The van der Waals surface area contributed by atoms with Crippen LogP contribution in [0.3, 0.4) is 0 Å². The maximum atomic E-state index is 12.0. The Labute approximate surface area is 117 Å². The van der Waals surface area contributed by atoms with Crippen molar-refractivity contribution in [2.45, 2.75) is 13.0 Å². The SMILES string of the molecule is C[C@H](Oc1ccccc1)C(=O)Nc1ccc(C#N)cc1. The molecule has 0 saturated heterocycles. The van der Waals surface area contributed by atoms with Gasteiger partial charge in [0.25, 0.3) is 5.91 Å². The summed E-state index contributed by atoms with van der Waals surface area (Å²) in [5, 5.41) is 11.4. The van der Waals surface area contributed by atoms with E-state index < -0.39 is 6.10 Å². The Morgan fingerprint density at radius 1 is 1.15 bits per heavy atom. The lowest BCUT2D eigenvalue weighted by molar-refractivity contribution is -0.122. The molecule has 0 fully saturated rings. The summed E-state index contributed by atoms with van der Waals surface area (Å²) in [5.41, 5.74) is 1.19. The number of hydrogen-bond donors (Lipinski definition) is 1. The predicted molar refractivity (Wildman–Crippen MR) is 76.3 cm³/mol. The van der Waals surface area contributed by atoms with Gasteiger partial charge in [0, 0.05) is 5.69 Å². The monoisotopic (exact) mass is 266 g/mol. The van der Waals surface area contributed by atoms with Crippen molar-refractivity contribution in [1.82, 2.24) is 0 Å². The molecule has 2 rings (SSSR count). The molecule has 0 bridgehead atoms. The molecule has 0 aromatic heterocycles. The molecule has 0 unspecified atom stereocenters. The Bertz CT molecular complexity index is 615. The van der Waals surface area contributed by atoms with Crippen LogP contribution in [0.5, 0.6) is 5.75 Å². The summed E-state index contributed by atoms with van der Waals surface area (Å²) in [6.45, 7) is 1.69. The van der Waals surface area contributed by atoms with Gasteiger partial charge in [-0.3, -0.25) is 4.79 Å². The number of nitrogens with zero attached hydrogens (tertiary/aromatic N) is 1. The zero-order chi connectivity index (χ0) is 14.4. The van der Waals surface area contributed by atoms with Gasteiger partial charge in [0.2, 0.25) is 0 Å². The third-order valence-corrected chi connectivity index (χ3v) is 2.71. The fourth-order valence-corrected chi connectivity index (χ4v) is 1.63. The quantitative estimate of drug-likeness (QED) is 0.925. The van der Waals surface area contributed by atoms with Crippen molar-refractivity contribution in [2.75, 3.05) is 5.32 Å². The summed E-state index contributed by atoms with van der Waals surface area (Å²) in [6, 6.07) is 17.9. The highest BCUT2D eigenvalue weighted by Crippen LogP contribution is 2.13. The maximum Gasteiger partial charge on any atom is 0.265 e. The molecule has 2 aromatic rings. The van der Waals surface area contributed by atoms with Gasteiger partial charge in [-0.1, -0.05) is 18.2 Å². The number of benzene rings is 2. The van der Waals surface area contributed by atoms with Crippen molar-refractivity contribution in [3.05, 3.63) is 60.2 Å². The molecule has 0 saturated carbocycles. The first kappa shape index (κ1) is 13.6. The van der Waals surface area contributed by atoms with Crippen LogP contribution in [0.1, 0.15) is 12.5 Å². The molecule has 0 spiro atoms. The highest BCUT2D eigenvalue weighted by Gasteiger charge is 2.14. The molecule has 1 atom stereocenters. The number of carbonyl (C=O) groups is 1. The number of anilines is 1. The molecule has 1 N–H and O–H groups in total. The van der Waals surface area contributed by atoms with E-state index in [1.54, 1.807) is 43.3 Å². The van der Waals surface area contributed by atoms with Crippen LogP contribution in [-0.4, -0.2) is 12.0 Å². The minimum absolute atomic E-state index is 0.237. The molecule has 100 valence electrons. The topological polar surface area (TPSA) is 62.1 Å². The van der Waals surface area contributed by atoms with Gasteiger partial charge in [-0.15, -0.1) is 0 Å². The highest BCUT2D eigenvalue weighted by molar-refractivity contribution is 5.94. The van der Waals surface area contributed by atoms with E-state index in [4.69, 9.17) is 10.00 Å². The van der Waals surface area contributed by atoms with Crippen LogP contribution in [-0.2, 0) is 4.79 Å². The summed E-state index contributed by atoms with van der Waals surface area (Å²) in [4.78, 5) is 12.0. The Balaban J connectivity index is 1.95. The highest BCUT2D eigenvalue weighted by atomic mass is 16.5. The molecule has 0 aliphatic heterocycles. The Morgan fingerprint density at radius 2 is 1.80 bits per heavy atom. The largest absolute Gasteiger partial charge is 0.481 e. The van der Waals surface area contributed by atoms with E-state index in [0.717, 1.165) is 0 Å². The molecule has 2 aromatic carbocycles. The number of hydrogen-bond acceptors (Lipinski definition) is 3. The fourth-order valence-electron chi connectivity index (χ4n) is 1.63. The number of nitriles is 1. The predicted octanol–water partition coefficient (Wildman–Crippen LogP) is 2.96. The second-order valence-corrected chi connectivity index (χ2v) is 4.25. The van der Waals surface area contributed by atoms with Crippen molar-refractivity contribution >= 4 is 11.6 Å². The van der Waals surface area contributed by atoms with Crippen LogP contribution in [0.4, 0.5) is 5.69 Å². The van der Waals surface area contributed by atoms with Crippen LogP contribution in [0.25, 0.3) is 0 Å². The Morgan fingerprint density at radius 3 is 2.40 bits per heavy atom. The van der Waals surface area contributed by atoms with Gasteiger partial charge in [-0.25, -0.2) is 0 Å². The number of amides is 1. The average Bonchev–Trinajstić information content (AvgIpc) is 2.49. The van der Waals surface area contributed by atoms with E-state index in [1.165, 1.54) is 0 Å². The van der Waals surface area contributed by atoms with Crippen molar-refractivity contribution in [3.63, 3.8) is 0 Å². The zero-order valence-corrected chi connectivity index (χ0v) is 11.0. The molecular formula is C16H14N2O2. The molecule has 4 heteroatoms. The molecule has 0 aliphatic rings. The van der Waals surface area contributed by atoms with Crippen molar-refractivity contribution < 1.29 is 9.53 Å². The lowest BCUT2D eigenvalue weighted by Crippen LogP contribution is -2.30. The van der Waals surface area contributed by atoms with Crippen molar-refractivity contribution in [3.8, 4) is 11.8 Å². The number of carbonyl (C=O) groups excluding carboxylic acids is 1. The van der Waals surface area contributed by atoms with Crippen LogP contribution in [0.2, 0.25) is 0 Å². The van der Waals surface area contributed by atoms with Gasteiger partial charge in [0.1, 0.15) is 5.75 Å². The van der Waals surface area contributed by atoms with Gasteiger partial charge >= 0.3 is 0 Å². The number of para-hydroxylation sites is 1. The summed E-state index contributed by atoms with van der Waals surface area (Å²) < 4.78 is 5.53. The van der Waals surface area contributed by atoms with Crippen molar-refractivity contribution in [2.24, 2.45) is 0 Å². The summed E-state index contributed by atoms with van der Waals surface area (Å²) >= 11 is 0. The standard InChI is InChI=1S/C16H14N2O2/c1-12(20-15-5-3-2-4-6-15)16(19)18-14-9-7-13(11-17)8-10-14/h2-10,12H,1H3,(H,18,19)/t12-/m0/s1. The molecule has 4 nitrogen and oxygen atoms in total. The normalized spacial score (nSPS) is 11.2. The van der Waals surface area contributed by atoms with Crippen molar-refractivity contribution in [1.29, 1.82) is 5.26 Å². The molecule has 0 heterocycles. The van der Waals surface area contributed by atoms with E-state index >= 15 is 0 Å². The van der Waals surface area contributed by atoms with E-state index in [0.29, 0.717) is 17.0 Å². The molecule has 20 heavy (non-hydrogen) atoms. The van der Waals surface area contributed by atoms with Gasteiger partial charge in [-0.05, 0) is 43.3 Å². The van der Waals surface area contributed by atoms with Gasteiger partial charge in [-0.2, -0.15) is 5.26 Å². The van der Waals surface area contributed by atoms with Gasteiger partial charge in [0.15, 0.2) is 6.10 Å². The first-order valence-electron chi connectivity index (χ1n) is 6.22. The van der Waals surface area contributed by atoms with E-state index in [1.807, 2.05) is 24.3 Å². The van der Waals surface area contributed by atoms with Crippen LogP contribution < -0.4 is 10.1 Å². The molecule has 1 amide bonds. The van der Waals surface area contributed by atoms with Gasteiger partial charge < -0.3 is 10.1 Å². The first-order valence-corrected chi connectivity index (χ1v) is 6.22. The van der Waals surface area contributed by atoms with Gasteiger partial charge in [0.05, 0.1) is 11.6 Å². The van der Waals surface area contributed by atoms with Crippen LogP contribution >= 0.6 is 0 Å². The maximum absolute atomic E-state index is 12.0. The number of ether oxygens (including phenoxy) is 1. The lowest BCUT2D eigenvalue weighted by atomic mass is 10.2. The number of nitrogens with one attached hydrogen (secondary N) is 1. The Kier molecular flexibility index (Phi) is 4.35. The van der Waals surface area contributed by atoms with Crippen LogP contribution in [0, 0.1) is 11.3 Å². The minimum Gasteiger partial charge on any atom is -0.481 e. The van der Waals surface area contributed by atoms with E-state index in [2.05, 4.69) is 5.32 Å². The molecular weight excluding hydrogens is 252 g/mol. The summed E-state index contributed by atoms with van der Waals surface area (Å²) in [6.07, 6.45) is -0.604. The average molecular weight is 266 g/mol. The smallest absolute Gasteiger partial charge is 0.265 e. The first-order chi connectivity index (χ1) is 9.69. The summed E-state index contributed by atoms with van der Waals surface area (Å²) in [7, 11) is 0. The third kappa shape index (κ3) is 3.59. The third-order valence-electron chi connectivity index (χ3n) is 2.71. The summed E-state index contributed by atoms with van der Waals surface area (Å²) in [5.74, 6) is 0.411. The second-order valence-electron chi connectivity index (χ2n) is 4.25. The van der Waals surface area contributed by atoms with E-state index in [-0.39, 0.29) is 5.91 Å². The molecule has 0 aliphatic carbocycles. The zero-order valence-electron chi connectivity index (χ0n) is 11.0. The van der Waals surface area contributed by atoms with Crippen LogP contribution in [0.15, 0.2) is 54.6 Å². The molecule has 0 radical (unpaired) electrons. The second kappa shape index (κ2) is 6.39. The fraction of sp³-hybridized carbons (Fsp3) is 0.125. The Hall–Kier alpha value is -2.80. The lowest BCUT2D eigenvalue weighted by Gasteiger charge is -2.14. The minimum atomic E-state index is -0.604. The van der Waals surface area contributed by atoms with E-state index in [9.17, 15) is 4.79 Å². The number of rotatable bonds is 4.